The van der Waals surface area contributed by atoms with E-state index in [1.54, 1.807) is 24.3 Å². The number of benzene rings is 4. The lowest BCUT2D eigenvalue weighted by atomic mass is 10.0. The Labute approximate surface area is 274 Å². The summed E-state index contributed by atoms with van der Waals surface area (Å²) in [6, 6.07) is 26.0. The summed E-state index contributed by atoms with van der Waals surface area (Å²) in [5, 5.41) is 3.17. The van der Waals surface area contributed by atoms with E-state index in [9.17, 15) is 22.4 Å². The zero-order chi connectivity index (χ0) is 33.3. The van der Waals surface area contributed by atoms with E-state index >= 15 is 0 Å². The monoisotopic (exact) mass is 665 g/mol. The topological polar surface area (TPSA) is 96.0 Å². The molecule has 0 radical (unpaired) electrons. The SMILES string of the molecule is COc1ccc(Cl)cc1N(CC(=O)N(Cc1ccc(F)cc1)C(Cc1ccccc1)C(=O)NCC(C)C)S(=O)(=O)c1ccccc1. The van der Waals surface area contributed by atoms with Crippen LogP contribution in [0.5, 0.6) is 5.75 Å². The molecular weight excluding hydrogens is 629 g/mol. The van der Waals surface area contributed by atoms with Gasteiger partial charge in [-0.15, -0.1) is 0 Å². The number of nitrogens with one attached hydrogen (secondary N) is 1. The van der Waals surface area contributed by atoms with Crippen LogP contribution in [0.3, 0.4) is 0 Å². The molecule has 1 unspecified atom stereocenters. The molecule has 0 fully saturated rings. The van der Waals surface area contributed by atoms with Crippen molar-refractivity contribution < 1.29 is 27.1 Å². The number of halogens is 2. The average Bonchev–Trinajstić information content (AvgIpc) is 3.05. The summed E-state index contributed by atoms with van der Waals surface area (Å²) in [4.78, 5) is 29.7. The van der Waals surface area contributed by atoms with Gasteiger partial charge in [0, 0.05) is 24.5 Å². The number of methoxy groups -OCH3 is 1. The molecule has 4 aromatic rings. The maximum Gasteiger partial charge on any atom is 0.264 e. The van der Waals surface area contributed by atoms with E-state index in [1.807, 2.05) is 44.2 Å². The first-order valence-corrected chi connectivity index (χ1v) is 16.6. The first kappa shape index (κ1) is 34.5. The Morgan fingerprint density at radius 2 is 1.52 bits per heavy atom. The number of amides is 2. The van der Waals surface area contributed by atoms with Gasteiger partial charge in [-0.2, -0.15) is 0 Å². The van der Waals surface area contributed by atoms with E-state index in [0.29, 0.717) is 12.1 Å². The predicted octanol–water partition coefficient (Wildman–Crippen LogP) is 6.10. The summed E-state index contributed by atoms with van der Waals surface area (Å²) in [5.74, 6) is -1.19. The van der Waals surface area contributed by atoms with Gasteiger partial charge in [0.05, 0.1) is 17.7 Å². The van der Waals surface area contributed by atoms with E-state index in [2.05, 4.69) is 5.32 Å². The Balaban J connectivity index is 1.83. The van der Waals surface area contributed by atoms with Gasteiger partial charge in [0.1, 0.15) is 24.2 Å². The molecule has 0 saturated heterocycles. The Hall–Kier alpha value is -4.41. The molecule has 0 heterocycles. The van der Waals surface area contributed by atoms with Crippen LogP contribution in [0, 0.1) is 11.7 Å². The van der Waals surface area contributed by atoms with Gasteiger partial charge < -0.3 is 15.0 Å². The molecule has 0 aliphatic heterocycles. The smallest absolute Gasteiger partial charge is 0.264 e. The third-order valence-electron chi connectivity index (χ3n) is 7.24. The van der Waals surface area contributed by atoms with Crippen molar-refractivity contribution in [3.05, 3.63) is 125 Å². The van der Waals surface area contributed by atoms with Crippen LogP contribution in [0.4, 0.5) is 10.1 Å². The maximum atomic E-state index is 14.5. The quantitative estimate of drug-likeness (QED) is 0.176. The van der Waals surface area contributed by atoms with E-state index in [4.69, 9.17) is 16.3 Å². The van der Waals surface area contributed by atoms with Crippen LogP contribution in [-0.2, 0) is 32.6 Å². The van der Waals surface area contributed by atoms with Crippen molar-refractivity contribution in [3.63, 3.8) is 0 Å². The molecule has 8 nitrogen and oxygen atoms in total. The normalized spacial score (nSPS) is 12.0. The highest BCUT2D eigenvalue weighted by Crippen LogP contribution is 2.35. The van der Waals surface area contributed by atoms with Gasteiger partial charge in [-0.05, 0) is 59.5 Å². The van der Waals surface area contributed by atoms with Crippen molar-refractivity contribution in [2.45, 2.75) is 37.8 Å². The molecule has 0 spiro atoms. The molecule has 0 aliphatic rings. The summed E-state index contributed by atoms with van der Waals surface area (Å²) in [6.07, 6.45) is 0.156. The molecule has 46 heavy (non-hydrogen) atoms. The minimum atomic E-state index is -4.34. The van der Waals surface area contributed by atoms with Crippen LogP contribution in [0.2, 0.25) is 5.02 Å². The van der Waals surface area contributed by atoms with E-state index in [-0.39, 0.29) is 40.2 Å². The fraction of sp³-hybridized carbons (Fsp3) is 0.257. The summed E-state index contributed by atoms with van der Waals surface area (Å²) >= 11 is 6.32. The molecule has 1 atom stereocenters. The summed E-state index contributed by atoms with van der Waals surface area (Å²) in [7, 11) is -2.95. The Kier molecular flexibility index (Phi) is 11.8. The molecule has 2 amide bonds. The van der Waals surface area contributed by atoms with Crippen molar-refractivity contribution in [3.8, 4) is 5.75 Å². The third-order valence-corrected chi connectivity index (χ3v) is 9.25. The molecule has 0 bridgehead atoms. The number of carbonyl (C=O) groups is 2. The highest BCUT2D eigenvalue weighted by atomic mass is 35.5. The molecular formula is C35H37ClFN3O5S. The average molecular weight is 666 g/mol. The van der Waals surface area contributed by atoms with Gasteiger partial charge in [-0.1, -0.05) is 86.1 Å². The fourth-order valence-corrected chi connectivity index (χ4v) is 6.46. The van der Waals surface area contributed by atoms with E-state index in [0.717, 1.165) is 9.87 Å². The molecule has 4 rings (SSSR count). The second-order valence-electron chi connectivity index (χ2n) is 11.1. The molecule has 0 aliphatic carbocycles. The lowest BCUT2D eigenvalue weighted by Crippen LogP contribution is -2.53. The highest BCUT2D eigenvalue weighted by molar-refractivity contribution is 7.92. The maximum absolute atomic E-state index is 14.5. The van der Waals surface area contributed by atoms with Crippen LogP contribution in [0.1, 0.15) is 25.0 Å². The predicted molar refractivity (Wildman–Crippen MR) is 178 cm³/mol. The fourth-order valence-electron chi connectivity index (χ4n) is 4.85. The number of ether oxygens (including phenoxy) is 1. The zero-order valence-corrected chi connectivity index (χ0v) is 27.5. The van der Waals surface area contributed by atoms with Gasteiger partial charge in [0.15, 0.2) is 0 Å². The number of carbonyl (C=O) groups excluding carboxylic acids is 2. The van der Waals surface area contributed by atoms with Crippen molar-refractivity contribution in [1.29, 1.82) is 0 Å². The molecule has 242 valence electrons. The van der Waals surface area contributed by atoms with Gasteiger partial charge in [0.2, 0.25) is 11.8 Å². The number of hydrogen-bond donors (Lipinski definition) is 1. The third kappa shape index (κ3) is 8.86. The Morgan fingerprint density at radius 1 is 0.891 bits per heavy atom. The number of sulfonamides is 1. The van der Waals surface area contributed by atoms with Crippen molar-refractivity contribution in [2.24, 2.45) is 5.92 Å². The summed E-state index contributed by atoms with van der Waals surface area (Å²) in [6.45, 7) is 3.52. The minimum absolute atomic E-state index is 0.0505. The lowest BCUT2D eigenvalue weighted by molar-refractivity contribution is -0.140. The highest BCUT2D eigenvalue weighted by Gasteiger charge is 2.35. The second kappa shape index (κ2) is 15.7. The molecule has 1 N–H and O–H groups in total. The standard InChI is InChI=1S/C35H37ClFN3O5S/c1-25(2)22-38-35(42)32(20-26-10-6-4-7-11-26)39(23-27-14-17-29(37)18-15-27)34(41)24-40(31-21-28(36)16-19-33(31)45-3)46(43,44)30-12-8-5-9-13-30/h4-19,21,25,32H,20,22-24H2,1-3H3,(H,38,42). The molecule has 11 heteroatoms. The summed E-state index contributed by atoms with van der Waals surface area (Å²) in [5.41, 5.74) is 1.41. The van der Waals surface area contributed by atoms with Crippen LogP contribution in [0.15, 0.2) is 108 Å². The molecule has 4 aromatic carbocycles. The van der Waals surface area contributed by atoms with Crippen LogP contribution in [0.25, 0.3) is 0 Å². The number of hydrogen-bond acceptors (Lipinski definition) is 5. The lowest BCUT2D eigenvalue weighted by Gasteiger charge is -2.34. The molecule has 0 saturated carbocycles. The molecule has 0 aromatic heterocycles. The van der Waals surface area contributed by atoms with E-state index in [1.165, 1.54) is 60.5 Å². The Bertz CT molecular complexity index is 1720. The van der Waals surface area contributed by atoms with Crippen LogP contribution < -0.4 is 14.4 Å². The van der Waals surface area contributed by atoms with Crippen LogP contribution in [-0.4, -0.2) is 51.4 Å². The number of nitrogens with zero attached hydrogens (tertiary/aromatic N) is 2. The van der Waals surface area contributed by atoms with Gasteiger partial charge in [-0.25, -0.2) is 12.8 Å². The number of rotatable bonds is 14. The van der Waals surface area contributed by atoms with Gasteiger partial charge in [-0.3, -0.25) is 13.9 Å². The van der Waals surface area contributed by atoms with Gasteiger partial charge >= 0.3 is 0 Å². The van der Waals surface area contributed by atoms with Crippen LogP contribution >= 0.6 is 11.6 Å². The number of anilines is 1. The summed E-state index contributed by atoms with van der Waals surface area (Å²) < 4.78 is 48.6. The Morgan fingerprint density at radius 3 is 2.13 bits per heavy atom. The second-order valence-corrected chi connectivity index (χ2v) is 13.4. The van der Waals surface area contributed by atoms with Crippen molar-refractivity contribution in [2.75, 3.05) is 24.5 Å². The van der Waals surface area contributed by atoms with Crippen molar-refractivity contribution >= 4 is 39.1 Å². The zero-order valence-electron chi connectivity index (χ0n) is 25.9. The van der Waals surface area contributed by atoms with E-state index < -0.39 is 40.2 Å². The minimum Gasteiger partial charge on any atom is -0.495 e. The van der Waals surface area contributed by atoms with Gasteiger partial charge in [0.25, 0.3) is 10.0 Å². The first-order valence-electron chi connectivity index (χ1n) is 14.8. The largest absolute Gasteiger partial charge is 0.495 e. The first-order chi connectivity index (χ1) is 22.0. The van der Waals surface area contributed by atoms with Crippen molar-refractivity contribution in [1.82, 2.24) is 10.2 Å².